The van der Waals surface area contributed by atoms with Crippen molar-refractivity contribution in [3.63, 3.8) is 0 Å². The summed E-state index contributed by atoms with van der Waals surface area (Å²) in [5.74, 6) is -2.37. The Morgan fingerprint density at radius 2 is 1.96 bits per heavy atom. The minimum Gasteiger partial charge on any atom is -0.456 e. The molecule has 1 N–H and O–H groups in total. The minimum atomic E-state index is -4.25. The standard InChI is InChI=1S/C15H13ClFNO5S2/c1-9(18-25(21,22)13-5-3-2-4-10(13)17)15(20)23-8-11(19)12-6-7-14(16)24-12/h2-7,9,18H,8H2,1H3/t9-/m0/s1. The molecule has 1 aromatic heterocycles. The summed E-state index contributed by atoms with van der Waals surface area (Å²) in [6, 6.07) is 6.48. The van der Waals surface area contributed by atoms with Gasteiger partial charge in [0.2, 0.25) is 15.8 Å². The molecule has 0 spiro atoms. The Bertz CT molecular complexity index is 897. The van der Waals surface area contributed by atoms with E-state index in [0.717, 1.165) is 23.5 Å². The number of sulfonamides is 1. The monoisotopic (exact) mass is 405 g/mol. The molecule has 0 saturated heterocycles. The summed E-state index contributed by atoms with van der Waals surface area (Å²) in [5, 5.41) is 0. The van der Waals surface area contributed by atoms with E-state index in [0.29, 0.717) is 9.21 Å². The molecule has 6 nitrogen and oxygen atoms in total. The highest BCUT2D eigenvalue weighted by Gasteiger charge is 2.26. The van der Waals surface area contributed by atoms with Crippen LogP contribution < -0.4 is 4.72 Å². The number of hydrogen-bond donors (Lipinski definition) is 1. The average Bonchev–Trinajstić information content (AvgIpc) is 2.98. The Hall–Kier alpha value is -1.81. The van der Waals surface area contributed by atoms with Crippen LogP contribution in [0.4, 0.5) is 4.39 Å². The highest BCUT2D eigenvalue weighted by atomic mass is 35.5. The van der Waals surface area contributed by atoms with Crippen molar-refractivity contribution >= 4 is 44.7 Å². The molecule has 134 valence electrons. The van der Waals surface area contributed by atoms with Gasteiger partial charge in [0.05, 0.1) is 9.21 Å². The summed E-state index contributed by atoms with van der Waals surface area (Å²) in [5.41, 5.74) is 0. The maximum Gasteiger partial charge on any atom is 0.324 e. The first-order chi connectivity index (χ1) is 11.7. The Kier molecular flexibility index (Phi) is 6.28. The predicted molar refractivity (Wildman–Crippen MR) is 90.8 cm³/mol. The fourth-order valence-electron chi connectivity index (χ4n) is 1.80. The zero-order valence-corrected chi connectivity index (χ0v) is 15.3. The SMILES string of the molecule is C[C@H](NS(=O)(=O)c1ccccc1F)C(=O)OCC(=O)c1ccc(Cl)s1. The summed E-state index contributed by atoms with van der Waals surface area (Å²) >= 11 is 6.75. The van der Waals surface area contributed by atoms with E-state index in [-0.39, 0.29) is 0 Å². The van der Waals surface area contributed by atoms with Crippen LogP contribution in [0.5, 0.6) is 0 Å². The second-order valence-electron chi connectivity index (χ2n) is 4.91. The molecule has 1 aromatic carbocycles. The summed E-state index contributed by atoms with van der Waals surface area (Å²) in [4.78, 5) is 23.4. The molecule has 0 fully saturated rings. The molecular weight excluding hydrogens is 393 g/mol. The number of Topliss-reactive ketones (excluding diaryl/α,β-unsaturated/α-hetero) is 1. The van der Waals surface area contributed by atoms with Crippen molar-refractivity contribution in [2.45, 2.75) is 17.9 Å². The van der Waals surface area contributed by atoms with E-state index in [9.17, 15) is 22.4 Å². The molecule has 0 unspecified atom stereocenters. The van der Waals surface area contributed by atoms with Crippen molar-refractivity contribution in [1.29, 1.82) is 0 Å². The molecule has 1 atom stereocenters. The van der Waals surface area contributed by atoms with Crippen molar-refractivity contribution in [3.05, 3.63) is 51.4 Å². The number of hydrogen-bond acceptors (Lipinski definition) is 6. The average molecular weight is 406 g/mol. The number of benzene rings is 1. The number of thiophene rings is 1. The van der Waals surface area contributed by atoms with E-state index in [1.807, 2.05) is 4.72 Å². The minimum absolute atomic E-state index is 0.317. The molecule has 0 aliphatic rings. The lowest BCUT2D eigenvalue weighted by Gasteiger charge is -2.13. The fraction of sp³-hybridized carbons (Fsp3) is 0.200. The first kappa shape index (κ1) is 19.5. The maximum absolute atomic E-state index is 13.6. The second-order valence-corrected chi connectivity index (χ2v) is 8.31. The molecule has 0 aliphatic carbocycles. The van der Waals surface area contributed by atoms with Crippen molar-refractivity contribution in [1.82, 2.24) is 4.72 Å². The summed E-state index contributed by atoms with van der Waals surface area (Å²) in [6.07, 6.45) is 0. The van der Waals surface area contributed by atoms with Gasteiger partial charge in [-0.1, -0.05) is 23.7 Å². The number of carbonyl (C=O) groups excluding carboxylic acids is 2. The maximum atomic E-state index is 13.6. The Labute approximate surface area is 152 Å². The van der Waals surface area contributed by atoms with E-state index in [2.05, 4.69) is 0 Å². The smallest absolute Gasteiger partial charge is 0.324 e. The third kappa shape index (κ3) is 5.08. The van der Waals surface area contributed by atoms with Gasteiger partial charge in [-0.25, -0.2) is 12.8 Å². The topological polar surface area (TPSA) is 89.5 Å². The lowest BCUT2D eigenvalue weighted by Crippen LogP contribution is -2.40. The molecular formula is C15H13ClFNO5S2. The van der Waals surface area contributed by atoms with E-state index in [4.69, 9.17) is 16.3 Å². The van der Waals surface area contributed by atoms with Gasteiger partial charge in [-0.2, -0.15) is 4.72 Å². The Morgan fingerprint density at radius 3 is 2.56 bits per heavy atom. The van der Waals surface area contributed by atoms with E-state index in [1.165, 1.54) is 31.2 Å². The van der Waals surface area contributed by atoms with Crippen LogP contribution in [0.1, 0.15) is 16.6 Å². The van der Waals surface area contributed by atoms with E-state index < -0.39 is 45.1 Å². The van der Waals surface area contributed by atoms with Crippen LogP contribution in [0, 0.1) is 5.82 Å². The van der Waals surface area contributed by atoms with Gasteiger partial charge in [0.15, 0.2) is 6.61 Å². The van der Waals surface area contributed by atoms with Gasteiger partial charge in [0, 0.05) is 0 Å². The van der Waals surface area contributed by atoms with Crippen LogP contribution in [-0.2, 0) is 19.6 Å². The predicted octanol–water partition coefficient (Wildman–Crippen LogP) is 2.63. The first-order valence-corrected chi connectivity index (χ1v) is 9.60. The summed E-state index contributed by atoms with van der Waals surface area (Å²) in [7, 11) is -4.25. The number of halogens is 2. The quantitative estimate of drug-likeness (QED) is 0.565. The molecule has 0 amide bonds. The van der Waals surface area contributed by atoms with Crippen molar-refractivity contribution < 1.29 is 27.1 Å². The number of carbonyl (C=O) groups is 2. The molecule has 0 bridgehead atoms. The van der Waals surface area contributed by atoms with Crippen molar-refractivity contribution in [2.75, 3.05) is 6.61 Å². The molecule has 25 heavy (non-hydrogen) atoms. The third-order valence-electron chi connectivity index (χ3n) is 3.01. The van der Waals surface area contributed by atoms with Crippen LogP contribution in [-0.4, -0.2) is 32.8 Å². The first-order valence-electron chi connectivity index (χ1n) is 6.93. The Morgan fingerprint density at radius 1 is 1.28 bits per heavy atom. The zero-order valence-electron chi connectivity index (χ0n) is 12.9. The summed E-state index contributed by atoms with van der Waals surface area (Å²) in [6.45, 7) is 0.675. The number of ether oxygens (including phenoxy) is 1. The molecule has 2 aromatic rings. The van der Waals surface area contributed by atoms with Gasteiger partial charge in [0.1, 0.15) is 16.8 Å². The molecule has 0 saturated carbocycles. The molecule has 1 heterocycles. The zero-order chi connectivity index (χ0) is 18.6. The van der Waals surface area contributed by atoms with Crippen molar-refractivity contribution in [2.24, 2.45) is 0 Å². The van der Waals surface area contributed by atoms with Crippen molar-refractivity contribution in [3.8, 4) is 0 Å². The second kappa shape index (κ2) is 8.05. The molecule has 0 aliphatic heterocycles. The van der Waals surface area contributed by atoms with Gasteiger partial charge >= 0.3 is 5.97 Å². The number of esters is 1. The lowest BCUT2D eigenvalue weighted by atomic mass is 10.3. The fourth-order valence-corrected chi connectivity index (χ4v) is 4.04. The van der Waals surface area contributed by atoms with Gasteiger partial charge in [0.25, 0.3) is 0 Å². The largest absolute Gasteiger partial charge is 0.456 e. The van der Waals surface area contributed by atoms with Crippen LogP contribution >= 0.6 is 22.9 Å². The lowest BCUT2D eigenvalue weighted by molar-refractivity contribution is -0.144. The van der Waals surface area contributed by atoms with Gasteiger partial charge in [-0.15, -0.1) is 11.3 Å². The molecule has 2 rings (SSSR count). The van der Waals surface area contributed by atoms with Gasteiger partial charge in [-0.3, -0.25) is 9.59 Å². The highest BCUT2D eigenvalue weighted by Crippen LogP contribution is 2.21. The third-order valence-corrected chi connectivity index (χ3v) is 5.85. The van der Waals surface area contributed by atoms with Gasteiger partial charge < -0.3 is 4.74 Å². The van der Waals surface area contributed by atoms with Crippen LogP contribution in [0.2, 0.25) is 4.34 Å². The van der Waals surface area contributed by atoms with Crippen LogP contribution in [0.3, 0.4) is 0 Å². The summed E-state index contributed by atoms with van der Waals surface area (Å²) < 4.78 is 45.0. The normalized spacial score (nSPS) is 12.6. The Balaban J connectivity index is 1.96. The number of ketones is 1. The molecule has 10 heteroatoms. The highest BCUT2D eigenvalue weighted by molar-refractivity contribution is 7.89. The number of nitrogens with one attached hydrogen (secondary N) is 1. The van der Waals surface area contributed by atoms with Crippen LogP contribution in [0.25, 0.3) is 0 Å². The van der Waals surface area contributed by atoms with Crippen LogP contribution in [0.15, 0.2) is 41.3 Å². The molecule has 0 radical (unpaired) electrons. The van der Waals surface area contributed by atoms with E-state index in [1.54, 1.807) is 0 Å². The van der Waals surface area contributed by atoms with E-state index >= 15 is 0 Å². The number of rotatable bonds is 7. The van der Waals surface area contributed by atoms with Gasteiger partial charge in [-0.05, 0) is 31.2 Å².